The third-order valence-corrected chi connectivity index (χ3v) is 3.05. The van der Waals surface area contributed by atoms with Crippen LogP contribution in [-0.4, -0.2) is 24.3 Å². The minimum atomic E-state index is -0.933. The van der Waals surface area contributed by atoms with E-state index in [2.05, 4.69) is 4.90 Å². The fourth-order valence-electron chi connectivity index (χ4n) is 2.12. The molecule has 1 aliphatic heterocycles. The SMILES string of the molecule is N[C@@](C=O)(c1ccccc1)N1CCCC1. The van der Waals surface area contributed by atoms with Crippen molar-refractivity contribution in [2.24, 2.45) is 5.73 Å². The number of carbonyl (C=O) groups excluding carboxylic acids is 1. The summed E-state index contributed by atoms with van der Waals surface area (Å²) in [6, 6.07) is 9.57. The van der Waals surface area contributed by atoms with Gasteiger partial charge < -0.3 is 5.73 Å². The van der Waals surface area contributed by atoms with E-state index >= 15 is 0 Å². The number of hydrogen-bond donors (Lipinski definition) is 1. The van der Waals surface area contributed by atoms with Crippen molar-refractivity contribution in [2.75, 3.05) is 13.1 Å². The molecule has 80 valence electrons. The van der Waals surface area contributed by atoms with Crippen LogP contribution in [0, 0.1) is 0 Å². The van der Waals surface area contributed by atoms with E-state index in [-0.39, 0.29) is 0 Å². The summed E-state index contributed by atoms with van der Waals surface area (Å²) in [6.45, 7) is 1.81. The van der Waals surface area contributed by atoms with Crippen LogP contribution < -0.4 is 5.73 Å². The zero-order valence-electron chi connectivity index (χ0n) is 8.73. The van der Waals surface area contributed by atoms with Gasteiger partial charge in [0.05, 0.1) is 0 Å². The molecular formula is C12H16N2O. The second-order valence-corrected chi connectivity index (χ2v) is 4.00. The maximum Gasteiger partial charge on any atom is 0.159 e. The Hall–Kier alpha value is -1.19. The van der Waals surface area contributed by atoms with Crippen molar-refractivity contribution in [3.05, 3.63) is 35.9 Å². The Morgan fingerprint density at radius 2 is 1.80 bits per heavy atom. The molecule has 1 aliphatic rings. The van der Waals surface area contributed by atoms with Gasteiger partial charge in [0, 0.05) is 13.1 Å². The van der Waals surface area contributed by atoms with Crippen molar-refractivity contribution in [1.29, 1.82) is 0 Å². The fraction of sp³-hybridized carbons (Fsp3) is 0.417. The van der Waals surface area contributed by atoms with E-state index in [4.69, 9.17) is 5.73 Å². The van der Waals surface area contributed by atoms with E-state index in [0.717, 1.165) is 37.8 Å². The predicted molar refractivity (Wildman–Crippen MR) is 59.2 cm³/mol. The second kappa shape index (κ2) is 4.13. The normalized spacial score (nSPS) is 21.1. The predicted octanol–water partition coefficient (Wildman–Crippen LogP) is 1.09. The van der Waals surface area contributed by atoms with Crippen LogP contribution in [0.25, 0.3) is 0 Å². The Kier molecular flexibility index (Phi) is 2.84. The average molecular weight is 204 g/mol. The van der Waals surface area contributed by atoms with E-state index in [0.29, 0.717) is 0 Å². The summed E-state index contributed by atoms with van der Waals surface area (Å²) in [7, 11) is 0. The Balaban J connectivity index is 2.32. The lowest BCUT2D eigenvalue weighted by atomic mass is 10.0. The minimum absolute atomic E-state index is 0.855. The zero-order valence-corrected chi connectivity index (χ0v) is 8.73. The third kappa shape index (κ3) is 1.80. The van der Waals surface area contributed by atoms with Crippen molar-refractivity contribution in [3.8, 4) is 0 Å². The summed E-state index contributed by atoms with van der Waals surface area (Å²) < 4.78 is 0. The first-order chi connectivity index (χ1) is 7.27. The van der Waals surface area contributed by atoms with Crippen molar-refractivity contribution in [1.82, 2.24) is 4.90 Å². The van der Waals surface area contributed by atoms with Crippen molar-refractivity contribution < 1.29 is 4.79 Å². The van der Waals surface area contributed by atoms with Gasteiger partial charge in [-0.3, -0.25) is 9.69 Å². The van der Waals surface area contributed by atoms with Gasteiger partial charge in [-0.2, -0.15) is 0 Å². The molecule has 3 nitrogen and oxygen atoms in total. The van der Waals surface area contributed by atoms with Crippen LogP contribution in [0.2, 0.25) is 0 Å². The smallest absolute Gasteiger partial charge is 0.159 e. The molecule has 1 aromatic rings. The number of likely N-dealkylation sites (tertiary alicyclic amines) is 1. The summed E-state index contributed by atoms with van der Waals surface area (Å²) in [4.78, 5) is 13.3. The molecule has 3 heteroatoms. The van der Waals surface area contributed by atoms with Gasteiger partial charge in [-0.05, 0) is 18.4 Å². The monoisotopic (exact) mass is 204 g/mol. The molecule has 0 bridgehead atoms. The van der Waals surface area contributed by atoms with Crippen LogP contribution in [0.15, 0.2) is 30.3 Å². The van der Waals surface area contributed by atoms with Gasteiger partial charge in [-0.1, -0.05) is 30.3 Å². The molecule has 0 saturated carbocycles. The van der Waals surface area contributed by atoms with Crippen LogP contribution in [0.1, 0.15) is 18.4 Å². The number of nitrogens with two attached hydrogens (primary N) is 1. The number of hydrogen-bond acceptors (Lipinski definition) is 3. The number of nitrogens with zero attached hydrogens (tertiary/aromatic N) is 1. The molecule has 0 unspecified atom stereocenters. The van der Waals surface area contributed by atoms with Gasteiger partial charge in [-0.15, -0.1) is 0 Å². The molecule has 0 amide bonds. The van der Waals surface area contributed by atoms with Crippen molar-refractivity contribution >= 4 is 6.29 Å². The molecule has 0 spiro atoms. The second-order valence-electron chi connectivity index (χ2n) is 4.00. The summed E-state index contributed by atoms with van der Waals surface area (Å²) in [5.74, 6) is 0. The van der Waals surface area contributed by atoms with E-state index in [1.807, 2.05) is 30.3 Å². The van der Waals surface area contributed by atoms with Gasteiger partial charge in [-0.25, -0.2) is 0 Å². The highest BCUT2D eigenvalue weighted by molar-refractivity contribution is 5.66. The lowest BCUT2D eigenvalue weighted by molar-refractivity contribution is -0.118. The molecule has 1 fully saturated rings. The minimum Gasteiger partial charge on any atom is -0.303 e. The molecule has 1 aromatic carbocycles. The Labute approximate surface area is 89.9 Å². The largest absolute Gasteiger partial charge is 0.303 e. The summed E-state index contributed by atoms with van der Waals surface area (Å²) in [6.07, 6.45) is 3.10. The first-order valence-corrected chi connectivity index (χ1v) is 5.33. The molecule has 1 heterocycles. The van der Waals surface area contributed by atoms with Crippen LogP contribution in [0.3, 0.4) is 0 Å². The number of benzene rings is 1. The highest BCUT2D eigenvalue weighted by Crippen LogP contribution is 2.24. The molecule has 0 aliphatic carbocycles. The Morgan fingerprint density at radius 3 is 2.33 bits per heavy atom. The molecular weight excluding hydrogens is 188 g/mol. The molecule has 2 N–H and O–H groups in total. The van der Waals surface area contributed by atoms with Gasteiger partial charge in [0.15, 0.2) is 11.9 Å². The van der Waals surface area contributed by atoms with E-state index < -0.39 is 5.66 Å². The van der Waals surface area contributed by atoms with Gasteiger partial charge >= 0.3 is 0 Å². The lowest BCUT2D eigenvalue weighted by Crippen LogP contribution is -2.53. The summed E-state index contributed by atoms with van der Waals surface area (Å²) in [5, 5.41) is 0. The van der Waals surface area contributed by atoms with E-state index in [1.54, 1.807) is 0 Å². The summed E-state index contributed by atoms with van der Waals surface area (Å²) >= 11 is 0. The van der Waals surface area contributed by atoms with Crippen molar-refractivity contribution in [2.45, 2.75) is 18.5 Å². The van der Waals surface area contributed by atoms with Crippen LogP contribution in [0.5, 0.6) is 0 Å². The van der Waals surface area contributed by atoms with Crippen LogP contribution in [-0.2, 0) is 10.5 Å². The number of carbonyl (C=O) groups is 1. The molecule has 1 atom stereocenters. The highest BCUT2D eigenvalue weighted by Gasteiger charge is 2.35. The molecule has 0 aromatic heterocycles. The number of aldehydes is 1. The first-order valence-electron chi connectivity index (χ1n) is 5.33. The van der Waals surface area contributed by atoms with E-state index in [1.165, 1.54) is 0 Å². The molecule has 2 rings (SSSR count). The highest BCUT2D eigenvalue weighted by atomic mass is 16.1. The maximum atomic E-state index is 11.2. The van der Waals surface area contributed by atoms with Gasteiger partial charge in [0.2, 0.25) is 0 Å². The van der Waals surface area contributed by atoms with Crippen LogP contribution >= 0.6 is 0 Å². The fourth-order valence-corrected chi connectivity index (χ4v) is 2.12. The van der Waals surface area contributed by atoms with Crippen LogP contribution in [0.4, 0.5) is 0 Å². The molecule has 1 saturated heterocycles. The maximum absolute atomic E-state index is 11.2. The Morgan fingerprint density at radius 1 is 1.20 bits per heavy atom. The third-order valence-electron chi connectivity index (χ3n) is 3.05. The standard InChI is InChI=1S/C12H16N2O/c13-12(10-15,14-8-4-5-9-14)11-6-2-1-3-7-11/h1-3,6-7,10H,4-5,8-9,13H2/t12-/m1/s1. The van der Waals surface area contributed by atoms with Crippen molar-refractivity contribution in [3.63, 3.8) is 0 Å². The topological polar surface area (TPSA) is 46.3 Å². The average Bonchev–Trinajstić information content (AvgIpc) is 2.83. The Bertz CT molecular complexity index is 333. The summed E-state index contributed by atoms with van der Waals surface area (Å²) in [5.41, 5.74) is 6.13. The first kappa shape index (κ1) is 10.3. The molecule has 15 heavy (non-hydrogen) atoms. The van der Waals surface area contributed by atoms with E-state index in [9.17, 15) is 4.79 Å². The lowest BCUT2D eigenvalue weighted by Gasteiger charge is -2.33. The molecule has 0 radical (unpaired) electrons. The number of rotatable bonds is 3. The zero-order chi connectivity index (χ0) is 10.7. The van der Waals surface area contributed by atoms with Gasteiger partial charge in [0.25, 0.3) is 0 Å². The van der Waals surface area contributed by atoms with Gasteiger partial charge in [0.1, 0.15) is 0 Å². The quantitative estimate of drug-likeness (QED) is 0.750.